The molecule has 0 aliphatic heterocycles. The molecule has 0 saturated heterocycles. The quantitative estimate of drug-likeness (QED) is 0.215. The maximum absolute atomic E-state index is 10.7. The Balaban J connectivity index is 4.51. The Morgan fingerprint density at radius 2 is 1.88 bits per heavy atom. The Labute approximate surface area is 91.6 Å². The van der Waals surface area contributed by atoms with Crippen LogP contribution in [0.25, 0.3) is 0 Å². The second kappa shape index (κ2) is 7.07. The Bertz CT molecular complexity index is 252. The van der Waals surface area contributed by atoms with Gasteiger partial charge in [0.15, 0.2) is 12.4 Å². The van der Waals surface area contributed by atoms with Crippen LogP contribution < -0.4 is 0 Å². The fourth-order valence-corrected chi connectivity index (χ4v) is 0.890. The van der Waals surface area contributed by atoms with Crippen molar-refractivity contribution in [2.45, 2.75) is 24.4 Å². The van der Waals surface area contributed by atoms with Crippen LogP contribution in [0.2, 0.25) is 0 Å². The standard InChI is InChI=1S/C9H14O7/c1-2-7(13)16-6(4-11)9(15)8(14)5(12)3-10/h2,4-6,8-10,12,14-15H,1,3H2/t5-,6-,8-,9+/m1/s1. The number of ether oxygens (including phenoxy) is 1. The number of carbonyl (C=O) groups is 2. The second-order valence-corrected chi connectivity index (χ2v) is 2.97. The van der Waals surface area contributed by atoms with Crippen LogP contribution in [0.5, 0.6) is 0 Å². The summed E-state index contributed by atoms with van der Waals surface area (Å²) in [4.78, 5) is 21.2. The van der Waals surface area contributed by atoms with Gasteiger partial charge in [-0.05, 0) is 0 Å². The molecule has 0 spiro atoms. The van der Waals surface area contributed by atoms with Gasteiger partial charge < -0.3 is 25.2 Å². The van der Waals surface area contributed by atoms with Gasteiger partial charge in [-0.15, -0.1) is 0 Å². The maximum atomic E-state index is 10.7. The van der Waals surface area contributed by atoms with Crippen LogP contribution in [-0.4, -0.2) is 63.7 Å². The molecule has 0 amide bonds. The summed E-state index contributed by atoms with van der Waals surface area (Å²) < 4.78 is 4.40. The van der Waals surface area contributed by atoms with Gasteiger partial charge in [0.1, 0.15) is 18.3 Å². The number of rotatable bonds is 7. The lowest BCUT2D eigenvalue weighted by atomic mass is 10.0. The van der Waals surface area contributed by atoms with E-state index in [4.69, 9.17) is 10.2 Å². The van der Waals surface area contributed by atoms with Crippen LogP contribution in [0.15, 0.2) is 12.7 Å². The van der Waals surface area contributed by atoms with Crippen LogP contribution in [0.4, 0.5) is 0 Å². The lowest BCUT2D eigenvalue weighted by Crippen LogP contribution is -2.47. The fourth-order valence-electron chi connectivity index (χ4n) is 0.890. The molecule has 0 aromatic carbocycles. The normalized spacial score (nSPS) is 18.0. The van der Waals surface area contributed by atoms with E-state index in [1.165, 1.54) is 0 Å². The third kappa shape index (κ3) is 4.07. The monoisotopic (exact) mass is 234 g/mol. The smallest absolute Gasteiger partial charge is 0.330 e. The van der Waals surface area contributed by atoms with Gasteiger partial charge in [-0.3, -0.25) is 4.79 Å². The Morgan fingerprint density at radius 1 is 1.31 bits per heavy atom. The zero-order valence-corrected chi connectivity index (χ0v) is 8.39. The van der Waals surface area contributed by atoms with Crippen LogP contribution in [0, 0.1) is 0 Å². The molecule has 0 fully saturated rings. The summed E-state index contributed by atoms with van der Waals surface area (Å²) in [7, 11) is 0. The predicted molar refractivity (Wildman–Crippen MR) is 51.2 cm³/mol. The van der Waals surface area contributed by atoms with Gasteiger partial charge in [0.25, 0.3) is 0 Å². The average molecular weight is 234 g/mol. The summed E-state index contributed by atoms with van der Waals surface area (Å²) in [6.07, 6.45) is -6.04. The fraction of sp³-hybridized carbons (Fsp3) is 0.556. The van der Waals surface area contributed by atoms with E-state index in [1.807, 2.05) is 0 Å². The first kappa shape index (κ1) is 14.7. The summed E-state index contributed by atoms with van der Waals surface area (Å²) in [6.45, 7) is 2.27. The summed E-state index contributed by atoms with van der Waals surface area (Å²) in [5.74, 6) is -0.957. The Hall–Kier alpha value is -1.28. The molecular formula is C9H14O7. The highest BCUT2D eigenvalue weighted by Crippen LogP contribution is 2.07. The van der Waals surface area contributed by atoms with E-state index < -0.39 is 37.0 Å². The average Bonchev–Trinajstić information content (AvgIpc) is 2.32. The molecule has 0 aromatic rings. The van der Waals surface area contributed by atoms with Gasteiger partial charge in [0, 0.05) is 6.08 Å². The molecule has 0 aliphatic rings. The first-order valence-corrected chi connectivity index (χ1v) is 4.41. The number of aldehydes is 1. The van der Waals surface area contributed by atoms with Gasteiger partial charge >= 0.3 is 5.97 Å². The Morgan fingerprint density at radius 3 is 2.25 bits per heavy atom. The minimum absolute atomic E-state index is 0.0966. The lowest BCUT2D eigenvalue weighted by Gasteiger charge is -2.25. The van der Waals surface area contributed by atoms with Crippen LogP contribution in [0.1, 0.15) is 0 Å². The molecular weight excluding hydrogens is 220 g/mol. The van der Waals surface area contributed by atoms with Crippen LogP contribution in [0.3, 0.4) is 0 Å². The minimum Gasteiger partial charge on any atom is -0.449 e. The maximum Gasteiger partial charge on any atom is 0.330 e. The number of aliphatic hydroxyl groups excluding tert-OH is 4. The molecule has 16 heavy (non-hydrogen) atoms. The van der Waals surface area contributed by atoms with Crippen LogP contribution in [-0.2, 0) is 14.3 Å². The lowest BCUT2D eigenvalue weighted by molar-refractivity contribution is -0.163. The summed E-state index contributed by atoms with van der Waals surface area (Å²) in [5.41, 5.74) is 0. The van der Waals surface area contributed by atoms with Gasteiger partial charge in [-0.2, -0.15) is 0 Å². The topological polar surface area (TPSA) is 124 Å². The Kier molecular flexibility index (Phi) is 6.50. The van der Waals surface area contributed by atoms with E-state index in [2.05, 4.69) is 11.3 Å². The second-order valence-electron chi connectivity index (χ2n) is 2.97. The third-order valence-corrected chi connectivity index (χ3v) is 1.82. The molecule has 0 rings (SSSR count). The highest BCUT2D eigenvalue weighted by Gasteiger charge is 2.33. The largest absolute Gasteiger partial charge is 0.449 e. The molecule has 7 heteroatoms. The first-order valence-electron chi connectivity index (χ1n) is 4.41. The molecule has 0 aliphatic carbocycles. The molecule has 4 N–H and O–H groups in total. The summed E-state index contributed by atoms with van der Waals surface area (Å²) in [6, 6.07) is 0. The van der Waals surface area contributed by atoms with E-state index >= 15 is 0 Å². The van der Waals surface area contributed by atoms with Crippen LogP contribution >= 0.6 is 0 Å². The highest BCUT2D eigenvalue weighted by molar-refractivity contribution is 5.82. The van der Waals surface area contributed by atoms with Crippen molar-refractivity contribution in [1.82, 2.24) is 0 Å². The number of esters is 1. The van der Waals surface area contributed by atoms with Gasteiger partial charge in [0.2, 0.25) is 0 Å². The van der Waals surface area contributed by atoms with Crippen molar-refractivity contribution >= 4 is 12.3 Å². The van der Waals surface area contributed by atoms with Gasteiger partial charge in [0.05, 0.1) is 6.61 Å². The third-order valence-electron chi connectivity index (χ3n) is 1.82. The molecule has 0 radical (unpaired) electrons. The van der Waals surface area contributed by atoms with E-state index in [0.29, 0.717) is 0 Å². The van der Waals surface area contributed by atoms with E-state index in [-0.39, 0.29) is 6.29 Å². The number of aliphatic hydroxyl groups is 4. The molecule has 0 saturated carbocycles. The van der Waals surface area contributed by atoms with Crippen molar-refractivity contribution < 1.29 is 34.8 Å². The van der Waals surface area contributed by atoms with E-state index in [9.17, 15) is 19.8 Å². The zero-order valence-electron chi connectivity index (χ0n) is 8.39. The number of hydrogen-bond donors (Lipinski definition) is 4. The molecule has 7 nitrogen and oxygen atoms in total. The van der Waals surface area contributed by atoms with Crippen molar-refractivity contribution in [3.63, 3.8) is 0 Å². The first-order chi connectivity index (χ1) is 7.47. The molecule has 92 valence electrons. The van der Waals surface area contributed by atoms with Gasteiger partial charge in [-0.1, -0.05) is 6.58 Å². The molecule has 0 heterocycles. The molecule has 0 aromatic heterocycles. The number of hydrogen-bond acceptors (Lipinski definition) is 7. The molecule has 0 bridgehead atoms. The van der Waals surface area contributed by atoms with E-state index in [1.54, 1.807) is 0 Å². The van der Waals surface area contributed by atoms with Crippen molar-refractivity contribution in [2.24, 2.45) is 0 Å². The SMILES string of the molecule is C=CC(=O)O[C@H](C=O)[C@H](O)[C@H](O)[C@H](O)CO. The van der Waals surface area contributed by atoms with Crippen molar-refractivity contribution in [2.75, 3.05) is 6.61 Å². The summed E-state index contributed by atoms with van der Waals surface area (Å²) in [5, 5.41) is 36.1. The summed E-state index contributed by atoms with van der Waals surface area (Å²) >= 11 is 0. The number of carbonyl (C=O) groups excluding carboxylic acids is 2. The van der Waals surface area contributed by atoms with Crippen molar-refractivity contribution in [3.05, 3.63) is 12.7 Å². The molecule has 0 unspecified atom stereocenters. The molecule has 4 atom stereocenters. The van der Waals surface area contributed by atoms with Crippen molar-refractivity contribution in [1.29, 1.82) is 0 Å². The highest BCUT2D eigenvalue weighted by atomic mass is 16.6. The zero-order chi connectivity index (χ0) is 12.7. The van der Waals surface area contributed by atoms with Gasteiger partial charge in [-0.25, -0.2) is 4.79 Å². The predicted octanol–water partition coefficient (Wildman–Crippen LogP) is -2.64. The minimum atomic E-state index is -1.83. The van der Waals surface area contributed by atoms with Crippen molar-refractivity contribution in [3.8, 4) is 0 Å². The van der Waals surface area contributed by atoms with E-state index in [0.717, 1.165) is 6.08 Å².